The summed E-state index contributed by atoms with van der Waals surface area (Å²) in [6.45, 7) is 7.82. The maximum atomic E-state index is 13.3. The number of anilines is 1. The molecule has 0 aromatic heterocycles. The first kappa shape index (κ1) is 19.0. The van der Waals surface area contributed by atoms with Crippen LogP contribution in [0.4, 0.5) is 15.8 Å². The summed E-state index contributed by atoms with van der Waals surface area (Å²) >= 11 is 0. The second-order valence-corrected chi connectivity index (χ2v) is 6.35. The molecule has 2 aromatic rings. The number of nitrogens with zero attached hydrogens (tertiary/aromatic N) is 2. The van der Waals surface area contributed by atoms with Crippen molar-refractivity contribution < 1.29 is 13.9 Å². The van der Waals surface area contributed by atoms with Gasteiger partial charge in [0.2, 0.25) is 5.91 Å². The lowest BCUT2D eigenvalue weighted by Gasteiger charge is -2.17. The molecule has 1 heterocycles. The van der Waals surface area contributed by atoms with Gasteiger partial charge in [-0.3, -0.25) is 9.79 Å². The maximum absolute atomic E-state index is 13.3. The van der Waals surface area contributed by atoms with E-state index in [9.17, 15) is 9.18 Å². The summed E-state index contributed by atoms with van der Waals surface area (Å²) in [6.07, 6.45) is 1.59. The summed E-state index contributed by atoms with van der Waals surface area (Å²) in [5, 5.41) is 2.68. The van der Waals surface area contributed by atoms with E-state index in [2.05, 4.69) is 29.1 Å². The number of likely N-dealkylation sites (N-methyl/N-ethyl adjacent to an activating group) is 1. The molecule has 0 aliphatic carbocycles. The van der Waals surface area contributed by atoms with Gasteiger partial charge in [-0.1, -0.05) is 19.9 Å². The molecule has 27 heavy (non-hydrogen) atoms. The molecule has 6 heteroatoms. The Labute approximate surface area is 158 Å². The molecule has 1 N–H and O–H groups in total. The number of nitrogens with one attached hydrogen (secondary N) is 1. The fraction of sp³-hybridized carbons (Fsp3) is 0.333. The number of amides is 1. The second-order valence-electron chi connectivity index (χ2n) is 6.35. The van der Waals surface area contributed by atoms with Gasteiger partial charge in [0.05, 0.1) is 5.69 Å². The Bertz CT molecular complexity index is 817. The number of halogens is 1. The fourth-order valence-electron chi connectivity index (χ4n) is 3.03. The van der Waals surface area contributed by atoms with E-state index in [1.807, 2.05) is 24.3 Å². The van der Waals surface area contributed by atoms with Gasteiger partial charge in [-0.05, 0) is 55.1 Å². The molecule has 2 aromatic carbocycles. The molecule has 0 saturated heterocycles. The molecule has 1 aliphatic heterocycles. The molecule has 0 radical (unpaired) electrons. The monoisotopic (exact) mass is 369 g/mol. The number of carbonyl (C=O) groups excluding carboxylic acids is 1. The highest BCUT2D eigenvalue weighted by molar-refractivity contribution is 6.12. The first-order valence-electron chi connectivity index (χ1n) is 9.20. The lowest BCUT2D eigenvalue weighted by Crippen LogP contribution is -2.27. The first-order chi connectivity index (χ1) is 13.1. The highest BCUT2D eigenvalue weighted by Gasteiger charge is 2.29. The number of ether oxygens (including phenoxy) is 1. The van der Waals surface area contributed by atoms with Gasteiger partial charge in [0.15, 0.2) is 0 Å². The molecule has 1 atom stereocenters. The summed E-state index contributed by atoms with van der Waals surface area (Å²) in [6, 6.07) is 11.7. The van der Waals surface area contributed by atoms with Crippen LogP contribution in [0.3, 0.4) is 0 Å². The van der Waals surface area contributed by atoms with E-state index in [0.717, 1.165) is 36.6 Å². The fourth-order valence-corrected chi connectivity index (χ4v) is 3.03. The smallest absolute Gasteiger partial charge is 0.237 e. The number of benzene rings is 2. The highest BCUT2D eigenvalue weighted by atomic mass is 19.1. The van der Waals surface area contributed by atoms with Crippen molar-refractivity contribution in [3.63, 3.8) is 0 Å². The lowest BCUT2D eigenvalue weighted by atomic mass is 10.0. The minimum Gasteiger partial charge on any atom is -0.492 e. The van der Waals surface area contributed by atoms with Crippen molar-refractivity contribution in [2.24, 2.45) is 4.99 Å². The Morgan fingerprint density at radius 1 is 1.19 bits per heavy atom. The number of hydrogen-bond donors (Lipinski definition) is 1. The van der Waals surface area contributed by atoms with Crippen LogP contribution >= 0.6 is 0 Å². The molecule has 142 valence electrons. The van der Waals surface area contributed by atoms with Crippen LogP contribution in [0.1, 0.15) is 25.3 Å². The van der Waals surface area contributed by atoms with Crippen molar-refractivity contribution >= 4 is 23.5 Å². The third kappa shape index (κ3) is 4.71. The minimum absolute atomic E-state index is 0.198. The van der Waals surface area contributed by atoms with Gasteiger partial charge in [-0.25, -0.2) is 4.39 Å². The van der Waals surface area contributed by atoms with E-state index in [1.165, 1.54) is 12.1 Å². The third-order valence-corrected chi connectivity index (χ3v) is 4.67. The Hall–Kier alpha value is -2.73. The molecule has 0 saturated carbocycles. The molecule has 1 amide bonds. The van der Waals surface area contributed by atoms with Gasteiger partial charge >= 0.3 is 0 Å². The summed E-state index contributed by atoms with van der Waals surface area (Å²) in [5.41, 5.74) is 1.98. The van der Waals surface area contributed by atoms with Crippen LogP contribution in [0.15, 0.2) is 47.5 Å². The van der Waals surface area contributed by atoms with Gasteiger partial charge in [0.25, 0.3) is 0 Å². The standard InChI is InChI=1S/C21H24FN3O2/c1-3-25(4-2)11-12-27-17-8-6-16(7-9-17)23-14-19-18-10-5-15(22)13-20(18)24-21(19)26/h5-10,13-14,19H,3-4,11-12H2,1-2H3,(H,24,26). The Morgan fingerprint density at radius 3 is 2.63 bits per heavy atom. The van der Waals surface area contributed by atoms with Crippen LogP contribution in [0.25, 0.3) is 0 Å². The maximum Gasteiger partial charge on any atom is 0.237 e. The van der Waals surface area contributed by atoms with Crippen LogP contribution in [0, 0.1) is 5.82 Å². The number of hydrogen-bond acceptors (Lipinski definition) is 4. The number of rotatable bonds is 8. The van der Waals surface area contributed by atoms with Gasteiger partial charge < -0.3 is 15.0 Å². The average Bonchev–Trinajstić information content (AvgIpc) is 2.98. The lowest BCUT2D eigenvalue weighted by molar-refractivity contribution is -0.115. The van der Waals surface area contributed by atoms with E-state index < -0.39 is 5.92 Å². The van der Waals surface area contributed by atoms with Crippen molar-refractivity contribution in [3.8, 4) is 5.75 Å². The molecule has 5 nitrogen and oxygen atoms in total. The molecule has 0 spiro atoms. The number of fused-ring (bicyclic) bond motifs is 1. The summed E-state index contributed by atoms with van der Waals surface area (Å²) in [4.78, 5) is 18.8. The molecule has 1 aliphatic rings. The Morgan fingerprint density at radius 2 is 1.93 bits per heavy atom. The SMILES string of the molecule is CCN(CC)CCOc1ccc(N=CC2C(=O)Nc3cc(F)ccc32)cc1. The van der Waals surface area contributed by atoms with Gasteiger partial charge in [-0.15, -0.1) is 0 Å². The number of carbonyl (C=O) groups is 1. The largest absolute Gasteiger partial charge is 0.492 e. The Balaban J connectivity index is 1.59. The zero-order chi connectivity index (χ0) is 19.2. The van der Waals surface area contributed by atoms with E-state index in [1.54, 1.807) is 12.3 Å². The number of aliphatic imine (C=N–C) groups is 1. The van der Waals surface area contributed by atoms with Crippen molar-refractivity contribution in [2.45, 2.75) is 19.8 Å². The molecule has 1 unspecified atom stereocenters. The molecule has 3 rings (SSSR count). The van der Waals surface area contributed by atoms with E-state index in [4.69, 9.17) is 4.74 Å². The zero-order valence-electron chi connectivity index (χ0n) is 15.6. The average molecular weight is 369 g/mol. The summed E-state index contributed by atoms with van der Waals surface area (Å²) in [5.74, 6) is -0.287. The second kappa shape index (κ2) is 8.77. The highest BCUT2D eigenvalue weighted by Crippen LogP contribution is 2.32. The third-order valence-electron chi connectivity index (χ3n) is 4.67. The van der Waals surface area contributed by atoms with Crippen LogP contribution in [0.2, 0.25) is 0 Å². The normalized spacial score (nSPS) is 16.0. The van der Waals surface area contributed by atoms with Crippen molar-refractivity contribution in [1.82, 2.24) is 4.90 Å². The van der Waals surface area contributed by atoms with Crippen LogP contribution < -0.4 is 10.1 Å². The van der Waals surface area contributed by atoms with Gasteiger partial charge in [-0.2, -0.15) is 0 Å². The first-order valence-corrected chi connectivity index (χ1v) is 9.20. The molecular formula is C21H24FN3O2. The van der Waals surface area contributed by atoms with Gasteiger partial charge in [0.1, 0.15) is 24.1 Å². The predicted molar refractivity (Wildman–Crippen MR) is 106 cm³/mol. The molecule has 0 bridgehead atoms. The molecule has 0 fully saturated rings. The topological polar surface area (TPSA) is 53.9 Å². The quantitative estimate of drug-likeness (QED) is 0.716. The van der Waals surface area contributed by atoms with E-state index in [0.29, 0.717) is 12.3 Å². The van der Waals surface area contributed by atoms with Crippen LogP contribution in [-0.4, -0.2) is 43.3 Å². The minimum atomic E-state index is -0.509. The predicted octanol–water partition coefficient (Wildman–Crippen LogP) is 3.98. The van der Waals surface area contributed by atoms with Gasteiger partial charge in [0, 0.05) is 18.4 Å². The summed E-state index contributed by atoms with van der Waals surface area (Å²) in [7, 11) is 0. The van der Waals surface area contributed by atoms with E-state index >= 15 is 0 Å². The Kier molecular flexibility index (Phi) is 6.19. The van der Waals surface area contributed by atoms with Crippen molar-refractivity contribution in [2.75, 3.05) is 31.6 Å². The van der Waals surface area contributed by atoms with Crippen molar-refractivity contribution in [1.29, 1.82) is 0 Å². The van der Waals surface area contributed by atoms with Crippen molar-refractivity contribution in [3.05, 3.63) is 53.8 Å². The summed E-state index contributed by atoms with van der Waals surface area (Å²) < 4.78 is 19.0. The van der Waals surface area contributed by atoms with Crippen LogP contribution in [-0.2, 0) is 4.79 Å². The van der Waals surface area contributed by atoms with Crippen LogP contribution in [0.5, 0.6) is 5.75 Å². The molecular weight excluding hydrogens is 345 g/mol. The van der Waals surface area contributed by atoms with E-state index in [-0.39, 0.29) is 11.7 Å². The zero-order valence-corrected chi connectivity index (χ0v) is 15.6.